The van der Waals surface area contributed by atoms with Gasteiger partial charge in [0.25, 0.3) is 5.91 Å². The molecule has 1 atom stereocenters. The van der Waals surface area contributed by atoms with Gasteiger partial charge in [-0.15, -0.1) is 11.3 Å². The van der Waals surface area contributed by atoms with Crippen molar-refractivity contribution in [2.75, 3.05) is 11.9 Å². The van der Waals surface area contributed by atoms with Gasteiger partial charge in [0.1, 0.15) is 5.82 Å². The Morgan fingerprint density at radius 1 is 1.25 bits per heavy atom. The van der Waals surface area contributed by atoms with Crippen molar-refractivity contribution < 1.29 is 9.18 Å². The number of aromatic nitrogens is 3. The van der Waals surface area contributed by atoms with Crippen molar-refractivity contribution in [2.24, 2.45) is 0 Å². The molecule has 3 aromatic heterocycles. The van der Waals surface area contributed by atoms with Gasteiger partial charge in [-0.05, 0) is 54.1 Å². The summed E-state index contributed by atoms with van der Waals surface area (Å²) in [6.07, 6.45) is 3.30. The topological polar surface area (TPSA) is 104 Å². The molecule has 0 bridgehead atoms. The standard InChI is InChI=1S/C23H19FN6OS/c1-14(17-10-18(24)13-26-12-17)28-23-29-19-6-8-32-21(19)20(30-23)22(31)27-7-5-15-3-2-4-16(9-15)11-25/h2-4,6,8-10,12-14H,5,7H2,1H3,(H,27,31)(H,28,29,30)/t14-/m0/s1. The molecule has 160 valence electrons. The van der Waals surface area contributed by atoms with Gasteiger partial charge >= 0.3 is 0 Å². The molecule has 2 N–H and O–H groups in total. The van der Waals surface area contributed by atoms with Crippen LogP contribution in [-0.4, -0.2) is 27.4 Å². The monoisotopic (exact) mass is 446 g/mol. The number of nitrogens with zero attached hydrogens (tertiary/aromatic N) is 4. The fraction of sp³-hybridized carbons (Fsp3) is 0.174. The highest BCUT2D eigenvalue weighted by atomic mass is 32.1. The maximum absolute atomic E-state index is 13.5. The van der Waals surface area contributed by atoms with Crippen LogP contribution in [0.4, 0.5) is 10.3 Å². The lowest BCUT2D eigenvalue weighted by atomic mass is 10.1. The van der Waals surface area contributed by atoms with E-state index >= 15 is 0 Å². The number of benzene rings is 1. The van der Waals surface area contributed by atoms with Crippen LogP contribution in [0.15, 0.2) is 54.2 Å². The maximum atomic E-state index is 13.5. The molecule has 9 heteroatoms. The molecule has 0 aliphatic rings. The fourth-order valence-corrected chi connectivity index (χ4v) is 4.04. The SMILES string of the molecule is C[C@H](Nc1nc(C(=O)NCCc2cccc(C#N)c2)c2sccc2n1)c1cncc(F)c1. The molecular formula is C23H19FN6OS. The van der Waals surface area contributed by atoms with Crippen LogP contribution < -0.4 is 10.6 Å². The Bertz CT molecular complexity index is 1320. The highest BCUT2D eigenvalue weighted by molar-refractivity contribution is 7.17. The summed E-state index contributed by atoms with van der Waals surface area (Å²) in [7, 11) is 0. The van der Waals surface area contributed by atoms with E-state index in [2.05, 4.69) is 31.7 Å². The molecule has 0 spiro atoms. The number of carbonyl (C=O) groups is 1. The zero-order valence-electron chi connectivity index (χ0n) is 17.2. The van der Waals surface area contributed by atoms with Gasteiger partial charge in [-0.2, -0.15) is 5.26 Å². The molecule has 7 nitrogen and oxygen atoms in total. The van der Waals surface area contributed by atoms with Crippen molar-refractivity contribution in [3.05, 3.63) is 82.4 Å². The van der Waals surface area contributed by atoms with Gasteiger partial charge in [0.05, 0.1) is 34.1 Å². The zero-order chi connectivity index (χ0) is 22.5. The molecule has 0 aliphatic carbocycles. The number of fused-ring (bicyclic) bond motifs is 1. The zero-order valence-corrected chi connectivity index (χ0v) is 18.0. The molecule has 0 fully saturated rings. The predicted molar refractivity (Wildman–Crippen MR) is 121 cm³/mol. The Morgan fingerprint density at radius 2 is 2.12 bits per heavy atom. The van der Waals surface area contributed by atoms with Crippen LogP contribution >= 0.6 is 11.3 Å². The second-order valence-corrected chi connectivity index (χ2v) is 8.07. The first-order valence-corrected chi connectivity index (χ1v) is 10.8. The van der Waals surface area contributed by atoms with Crippen molar-refractivity contribution in [3.63, 3.8) is 0 Å². The normalized spacial score (nSPS) is 11.7. The number of pyridine rings is 1. The van der Waals surface area contributed by atoms with Crippen molar-refractivity contribution in [3.8, 4) is 6.07 Å². The van der Waals surface area contributed by atoms with Crippen molar-refractivity contribution in [2.45, 2.75) is 19.4 Å². The number of carbonyl (C=O) groups excluding carboxylic acids is 1. The lowest BCUT2D eigenvalue weighted by molar-refractivity contribution is 0.0951. The highest BCUT2D eigenvalue weighted by Crippen LogP contribution is 2.25. The maximum Gasteiger partial charge on any atom is 0.271 e. The Balaban J connectivity index is 1.49. The summed E-state index contributed by atoms with van der Waals surface area (Å²) in [6, 6.07) is 12.3. The first-order valence-electron chi connectivity index (χ1n) is 9.93. The molecule has 0 aliphatic heterocycles. The minimum atomic E-state index is -0.425. The Hall–Kier alpha value is -3.90. The first kappa shape index (κ1) is 21.3. The second kappa shape index (κ2) is 9.49. The molecular weight excluding hydrogens is 427 g/mol. The molecule has 4 aromatic rings. The smallest absolute Gasteiger partial charge is 0.271 e. The number of halogens is 1. The summed E-state index contributed by atoms with van der Waals surface area (Å²) in [6.45, 7) is 2.24. The summed E-state index contributed by atoms with van der Waals surface area (Å²) in [5, 5.41) is 16.9. The first-order chi connectivity index (χ1) is 15.5. The summed E-state index contributed by atoms with van der Waals surface area (Å²) in [5.74, 6) is -0.454. The van der Waals surface area contributed by atoms with Crippen LogP contribution in [0.1, 0.15) is 40.1 Å². The average molecular weight is 447 g/mol. The van der Waals surface area contributed by atoms with Crippen molar-refractivity contribution >= 4 is 33.4 Å². The van der Waals surface area contributed by atoms with E-state index in [0.717, 1.165) is 11.8 Å². The van der Waals surface area contributed by atoms with Gasteiger partial charge < -0.3 is 10.6 Å². The third-order valence-electron chi connectivity index (χ3n) is 4.85. The van der Waals surface area contributed by atoms with Crippen LogP contribution in [0.2, 0.25) is 0 Å². The van der Waals surface area contributed by atoms with Crippen molar-refractivity contribution in [1.29, 1.82) is 5.26 Å². The minimum Gasteiger partial charge on any atom is -0.350 e. The molecule has 32 heavy (non-hydrogen) atoms. The van der Waals surface area contributed by atoms with E-state index in [1.165, 1.54) is 17.4 Å². The van der Waals surface area contributed by atoms with E-state index in [-0.39, 0.29) is 23.6 Å². The predicted octanol–water partition coefficient (Wildman–Crippen LogP) is 4.24. The number of thiophene rings is 1. The molecule has 0 saturated heterocycles. The Labute approximate surface area is 188 Å². The number of nitrogens with one attached hydrogen (secondary N) is 2. The van der Waals surface area contributed by atoms with Crippen LogP contribution in [0, 0.1) is 17.1 Å². The third kappa shape index (κ3) is 4.87. The van der Waals surface area contributed by atoms with Gasteiger partial charge in [0, 0.05) is 12.7 Å². The van der Waals surface area contributed by atoms with E-state index in [1.54, 1.807) is 18.3 Å². The lowest BCUT2D eigenvalue weighted by Gasteiger charge is -2.15. The van der Waals surface area contributed by atoms with E-state index in [4.69, 9.17) is 5.26 Å². The third-order valence-corrected chi connectivity index (χ3v) is 5.76. The number of amides is 1. The van der Waals surface area contributed by atoms with Crippen molar-refractivity contribution in [1.82, 2.24) is 20.3 Å². The second-order valence-electron chi connectivity index (χ2n) is 7.15. The Kier molecular flexibility index (Phi) is 6.33. The van der Waals surface area contributed by atoms with Crippen LogP contribution in [0.3, 0.4) is 0 Å². The Morgan fingerprint density at radius 3 is 2.94 bits per heavy atom. The number of hydrogen-bond donors (Lipinski definition) is 2. The van der Waals surface area contributed by atoms with Gasteiger partial charge in [-0.1, -0.05) is 12.1 Å². The fourth-order valence-electron chi connectivity index (χ4n) is 3.22. The quantitative estimate of drug-likeness (QED) is 0.440. The summed E-state index contributed by atoms with van der Waals surface area (Å²) >= 11 is 1.39. The molecule has 0 saturated carbocycles. The van der Waals surface area contributed by atoms with Crippen LogP contribution in [-0.2, 0) is 6.42 Å². The number of anilines is 1. The van der Waals surface area contributed by atoms with Gasteiger partial charge in [-0.25, -0.2) is 14.4 Å². The van der Waals surface area contributed by atoms with Crippen LogP contribution in [0.25, 0.3) is 10.2 Å². The minimum absolute atomic E-state index is 0.277. The number of nitriles is 1. The highest BCUT2D eigenvalue weighted by Gasteiger charge is 2.17. The van der Waals surface area contributed by atoms with E-state index in [1.807, 2.05) is 30.5 Å². The summed E-state index contributed by atoms with van der Waals surface area (Å²) in [4.78, 5) is 25.7. The number of hydrogen-bond acceptors (Lipinski definition) is 7. The average Bonchev–Trinajstić information content (AvgIpc) is 3.27. The van der Waals surface area contributed by atoms with E-state index in [0.29, 0.717) is 34.3 Å². The van der Waals surface area contributed by atoms with Crippen LogP contribution in [0.5, 0.6) is 0 Å². The molecule has 0 radical (unpaired) electrons. The molecule has 4 rings (SSSR count). The summed E-state index contributed by atoms with van der Waals surface area (Å²) < 4.78 is 14.2. The largest absolute Gasteiger partial charge is 0.350 e. The molecule has 1 aromatic carbocycles. The molecule has 1 amide bonds. The van der Waals surface area contributed by atoms with E-state index in [9.17, 15) is 9.18 Å². The van der Waals surface area contributed by atoms with Gasteiger partial charge in [-0.3, -0.25) is 9.78 Å². The molecule has 0 unspecified atom stereocenters. The summed E-state index contributed by atoms with van der Waals surface area (Å²) in [5.41, 5.74) is 3.13. The van der Waals surface area contributed by atoms with E-state index < -0.39 is 5.82 Å². The molecule has 3 heterocycles. The van der Waals surface area contributed by atoms with Gasteiger partial charge in [0.2, 0.25) is 5.95 Å². The lowest BCUT2D eigenvalue weighted by Crippen LogP contribution is -2.27. The number of rotatable bonds is 7. The van der Waals surface area contributed by atoms with Gasteiger partial charge in [0.15, 0.2) is 5.69 Å².